The second kappa shape index (κ2) is 9.40. The number of Topliss-reactive ketones (excluding diaryl/α,β-unsaturated/α-hetero) is 1. The number of nitrogens with zero attached hydrogens (tertiary/aromatic N) is 3. The Morgan fingerprint density at radius 1 is 1.12 bits per heavy atom. The van der Waals surface area contributed by atoms with Crippen molar-refractivity contribution in [2.75, 3.05) is 13.7 Å². The molecule has 1 aromatic heterocycles. The molecule has 1 aliphatic heterocycles. The van der Waals surface area contributed by atoms with E-state index < -0.39 is 17.7 Å². The van der Waals surface area contributed by atoms with Crippen molar-refractivity contribution in [3.8, 4) is 5.75 Å². The van der Waals surface area contributed by atoms with E-state index in [1.54, 1.807) is 50.0 Å². The SMILES string of the molecule is COc1ccccc1C1C(=C(O)c2ccc(Br)cc2)C(=O)C(=O)N1CCCn1ccnc1. The lowest BCUT2D eigenvalue weighted by molar-refractivity contribution is -0.140. The van der Waals surface area contributed by atoms with Crippen molar-refractivity contribution in [1.82, 2.24) is 14.5 Å². The van der Waals surface area contributed by atoms with Crippen molar-refractivity contribution in [1.29, 1.82) is 0 Å². The third-order valence-corrected chi connectivity index (χ3v) is 5.99. The van der Waals surface area contributed by atoms with E-state index >= 15 is 0 Å². The largest absolute Gasteiger partial charge is 0.507 e. The predicted octanol–water partition coefficient (Wildman–Crippen LogP) is 4.17. The number of carbonyl (C=O) groups is 2. The van der Waals surface area contributed by atoms with Crippen LogP contribution in [0.15, 0.2) is 77.3 Å². The fraction of sp³-hybridized carbons (Fsp3) is 0.208. The zero-order chi connectivity index (χ0) is 22.7. The molecule has 0 aliphatic carbocycles. The summed E-state index contributed by atoms with van der Waals surface area (Å²) in [4.78, 5) is 31.7. The highest BCUT2D eigenvalue weighted by Crippen LogP contribution is 2.42. The molecule has 164 valence electrons. The standard InChI is InChI=1S/C24H22BrN3O4/c1-32-19-6-3-2-5-18(19)21-20(22(29)16-7-9-17(25)10-8-16)23(30)24(31)28(21)13-4-12-27-14-11-26-15-27/h2-3,5-11,14-15,21,29H,4,12-13H2,1H3. The first-order valence-electron chi connectivity index (χ1n) is 10.1. The number of aryl methyl sites for hydroxylation is 1. The number of halogens is 1. The number of aliphatic hydroxyl groups excluding tert-OH is 1. The number of amides is 1. The second-order valence-corrected chi connectivity index (χ2v) is 8.31. The number of hydrogen-bond donors (Lipinski definition) is 1. The highest BCUT2D eigenvalue weighted by molar-refractivity contribution is 9.10. The van der Waals surface area contributed by atoms with E-state index in [1.165, 1.54) is 4.90 Å². The number of likely N-dealkylation sites (tertiary alicyclic amines) is 1. The highest BCUT2D eigenvalue weighted by Gasteiger charge is 2.46. The molecule has 0 radical (unpaired) electrons. The molecule has 1 aliphatic rings. The van der Waals surface area contributed by atoms with Gasteiger partial charge in [-0.1, -0.05) is 46.3 Å². The molecule has 4 rings (SSSR count). The Bertz CT molecular complexity index is 1160. The van der Waals surface area contributed by atoms with Gasteiger partial charge in [-0.15, -0.1) is 0 Å². The number of hydrogen-bond acceptors (Lipinski definition) is 5. The first-order valence-corrected chi connectivity index (χ1v) is 10.9. The van der Waals surface area contributed by atoms with Gasteiger partial charge in [0.15, 0.2) is 0 Å². The number of benzene rings is 2. The van der Waals surface area contributed by atoms with E-state index in [9.17, 15) is 14.7 Å². The van der Waals surface area contributed by atoms with Gasteiger partial charge in [0.25, 0.3) is 11.7 Å². The average molecular weight is 496 g/mol. The number of rotatable bonds is 7. The lowest BCUT2D eigenvalue weighted by Gasteiger charge is -2.26. The molecule has 1 fully saturated rings. The number of aliphatic hydroxyl groups is 1. The van der Waals surface area contributed by atoms with Crippen LogP contribution in [-0.2, 0) is 16.1 Å². The molecule has 0 spiro atoms. The summed E-state index contributed by atoms with van der Waals surface area (Å²) < 4.78 is 8.27. The Morgan fingerprint density at radius 3 is 2.56 bits per heavy atom. The monoisotopic (exact) mass is 495 g/mol. The third-order valence-electron chi connectivity index (χ3n) is 5.47. The van der Waals surface area contributed by atoms with Gasteiger partial charge in [-0.3, -0.25) is 9.59 Å². The molecular weight excluding hydrogens is 474 g/mol. The maximum absolute atomic E-state index is 13.1. The van der Waals surface area contributed by atoms with Crippen LogP contribution < -0.4 is 4.74 Å². The molecule has 2 heterocycles. The van der Waals surface area contributed by atoms with Gasteiger partial charge in [0.2, 0.25) is 0 Å². The Hall–Kier alpha value is -3.39. The first kappa shape index (κ1) is 21.8. The lowest BCUT2D eigenvalue weighted by atomic mass is 9.94. The zero-order valence-electron chi connectivity index (χ0n) is 17.4. The molecule has 2 aromatic carbocycles. The van der Waals surface area contributed by atoms with Crippen molar-refractivity contribution in [3.05, 3.63) is 88.4 Å². The summed E-state index contributed by atoms with van der Waals surface area (Å²) in [6, 6.07) is 13.4. The van der Waals surface area contributed by atoms with Crippen LogP contribution in [0.1, 0.15) is 23.6 Å². The number of aromatic nitrogens is 2. The minimum absolute atomic E-state index is 0.0597. The average Bonchev–Trinajstić information content (AvgIpc) is 3.41. The van der Waals surface area contributed by atoms with Gasteiger partial charge in [-0.2, -0.15) is 0 Å². The quantitative estimate of drug-likeness (QED) is 0.302. The number of carbonyl (C=O) groups excluding carboxylic acids is 2. The number of imidazole rings is 1. The van der Waals surface area contributed by atoms with Crippen LogP contribution >= 0.6 is 15.9 Å². The maximum Gasteiger partial charge on any atom is 0.295 e. The van der Waals surface area contributed by atoms with Gasteiger partial charge in [-0.05, 0) is 24.6 Å². The molecule has 7 nitrogen and oxygen atoms in total. The molecule has 1 atom stereocenters. The lowest BCUT2D eigenvalue weighted by Crippen LogP contribution is -2.31. The highest BCUT2D eigenvalue weighted by atomic mass is 79.9. The van der Waals surface area contributed by atoms with Crippen LogP contribution in [0, 0.1) is 0 Å². The fourth-order valence-corrected chi connectivity index (χ4v) is 4.20. The molecule has 1 N–H and O–H groups in total. The molecule has 8 heteroatoms. The molecule has 1 unspecified atom stereocenters. The summed E-state index contributed by atoms with van der Waals surface area (Å²) >= 11 is 3.37. The molecule has 1 amide bonds. The minimum Gasteiger partial charge on any atom is -0.507 e. The minimum atomic E-state index is -0.752. The van der Waals surface area contributed by atoms with Gasteiger partial charge in [0.05, 0.1) is 25.1 Å². The van der Waals surface area contributed by atoms with Crippen LogP contribution in [0.25, 0.3) is 5.76 Å². The smallest absolute Gasteiger partial charge is 0.295 e. The molecule has 0 bridgehead atoms. The van der Waals surface area contributed by atoms with E-state index in [1.807, 2.05) is 29.0 Å². The predicted molar refractivity (Wildman–Crippen MR) is 123 cm³/mol. The molecular formula is C24H22BrN3O4. The van der Waals surface area contributed by atoms with Crippen LogP contribution in [-0.4, -0.2) is 44.9 Å². The Kier molecular flexibility index (Phi) is 6.41. The van der Waals surface area contributed by atoms with E-state index in [2.05, 4.69) is 20.9 Å². The van der Waals surface area contributed by atoms with Crippen molar-refractivity contribution in [2.24, 2.45) is 0 Å². The van der Waals surface area contributed by atoms with Gasteiger partial charge in [-0.25, -0.2) is 4.98 Å². The summed E-state index contributed by atoms with van der Waals surface area (Å²) in [6.07, 6.45) is 5.87. The van der Waals surface area contributed by atoms with Gasteiger partial charge in [0.1, 0.15) is 11.5 Å². The number of methoxy groups -OCH3 is 1. The number of ether oxygens (including phenoxy) is 1. The summed E-state index contributed by atoms with van der Waals surface area (Å²) in [7, 11) is 1.54. The van der Waals surface area contributed by atoms with E-state index in [0.717, 1.165) is 4.47 Å². The van der Waals surface area contributed by atoms with Gasteiger partial charge >= 0.3 is 0 Å². The Morgan fingerprint density at radius 2 is 1.88 bits per heavy atom. The van der Waals surface area contributed by atoms with Gasteiger partial charge < -0.3 is 19.3 Å². The summed E-state index contributed by atoms with van der Waals surface area (Å²) in [5.74, 6) is -1.00. The number of para-hydroxylation sites is 1. The summed E-state index contributed by atoms with van der Waals surface area (Å²) in [6.45, 7) is 0.983. The van der Waals surface area contributed by atoms with Crippen LogP contribution in [0.4, 0.5) is 0 Å². The van der Waals surface area contributed by atoms with Crippen molar-refractivity contribution < 1.29 is 19.4 Å². The molecule has 32 heavy (non-hydrogen) atoms. The zero-order valence-corrected chi connectivity index (χ0v) is 19.0. The topological polar surface area (TPSA) is 84.7 Å². The Balaban J connectivity index is 1.77. The molecule has 3 aromatic rings. The Labute approximate surface area is 194 Å². The van der Waals surface area contributed by atoms with Crippen molar-refractivity contribution in [3.63, 3.8) is 0 Å². The van der Waals surface area contributed by atoms with Crippen LogP contribution in [0.5, 0.6) is 5.75 Å². The van der Waals surface area contributed by atoms with E-state index in [4.69, 9.17) is 4.74 Å². The van der Waals surface area contributed by atoms with Crippen LogP contribution in [0.2, 0.25) is 0 Å². The number of ketones is 1. The summed E-state index contributed by atoms with van der Waals surface area (Å²) in [5.41, 5.74) is 1.17. The normalized spacial score (nSPS) is 17.7. The fourth-order valence-electron chi connectivity index (χ4n) is 3.93. The molecule has 0 saturated carbocycles. The maximum atomic E-state index is 13.1. The van der Waals surface area contributed by atoms with Crippen molar-refractivity contribution >= 4 is 33.4 Å². The second-order valence-electron chi connectivity index (χ2n) is 7.40. The van der Waals surface area contributed by atoms with E-state index in [-0.39, 0.29) is 11.3 Å². The van der Waals surface area contributed by atoms with Crippen molar-refractivity contribution in [2.45, 2.75) is 19.0 Å². The summed E-state index contributed by atoms with van der Waals surface area (Å²) in [5, 5.41) is 11.1. The van der Waals surface area contributed by atoms with Crippen LogP contribution in [0.3, 0.4) is 0 Å². The van der Waals surface area contributed by atoms with Gasteiger partial charge in [0, 0.05) is 41.1 Å². The first-order chi connectivity index (χ1) is 15.5. The van der Waals surface area contributed by atoms with E-state index in [0.29, 0.717) is 36.4 Å². The molecule has 1 saturated heterocycles. The third kappa shape index (κ3) is 4.18.